The van der Waals surface area contributed by atoms with Gasteiger partial charge >= 0.3 is 11.9 Å². The molecule has 4 aromatic rings. The summed E-state index contributed by atoms with van der Waals surface area (Å²) in [7, 11) is 1.29. The van der Waals surface area contributed by atoms with E-state index in [4.69, 9.17) is 13.9 Å². The highest BCUT2D eigenvalue weighted by molar-refractivity contribution is 7.07. The van der Waals surface area contributed by atoms with Gasteiger partial charge in [0.15, 0.2) is 4.80 Å². The third kappa shape index (κ3) is 5.95. The number of non-ortho nitro benzene ring substituents is 1. The largest absolute Gasteiger partial charge is 0.465 e. The molecular formula is C31H27N3O8S. The van der Waals surface area contributed by atoms with Gasteiger partial charge in [-0.05, 0) is 42.7 Å². The van der Waals surface area contributed by atoms with Gasteiger partial charge in [-0.15, -0.1) is 0 Å². The van der Waals surface area contributed by atoms with Gasteiger partial charge in [0, 0.05) is 23.8 Å². The number of carbonyl (C=O) groups is 2. The van der Waals surface area contributed by atoms with Gasteiger partial charge in [0.2, 0.25) is 0 Å². The molecule has 11 nitrogen and oxygen atoms in total. The van der Waals surface area contributed by atoms with Gasteiger partial charge in [0.05, 0.1) is 46.0 Å². The molecule has 0 amide bonds. The molecular weight excluding hydrogens is 574 g/mol. The second-order valence-corrected chi connectivity index (χ2v) is 11.2. The Hall–Kier alpha value is -5.10. The lowest BCUT2D eigenvalue weighted by molar-refractivity contribution is -0.384. The zero-order valence-corrected chi connectivity index (χ0v) is 24.5. The predicted octanol–water partition coefficient (Wildman–Crippen LogP) is 4.39. The number of hydrogen-bond donors (Lipinski definition) is 0. The molecule has 2 aromatic carbocycles. The summed E-state index contributed by atoms with van der Waals surface area (Å²) in [6, 6.07) is 15.0. The fourth-order valence-corrected chi connectivity index (χ4v) is 5.65. The smallest absolute Gasteiger partial charge is 0.338 e. The Labute approximate surface area is 249 Å². The van der Waals surface area contributed by atoms with Crippen LogP contribution in [0.15, 0.2) is 86.1 Å². The number of methoxy groups -OCH3 is 1. The van der Waals surface area contributed by atoms with Gasteiger partial charge in [0.25, 0.3) is 11.2 Å². The maximum Gasteiger partial charge on any atom is 0.338 e. The Bertz CT molecular complexity index is 1950. The number of nitrogens with zero attached hydrogens (tertiary/aromatic N) is 3. The number of aromatic nitrogens is 1. The van der Waals surface area contributed by atoms with Crippen LogP contribution in [0.1, 0.15) is 48.5 Å². The van der Waals surface area contributed by atoms with E-state index in [1.807, 2.05) is 13.8 Å². The van der Waals surface area contributed by atoms with Crippen LogP contribution in [-0.4, -0.2) is 35.1 Å². The first kappa shape index (κ1) is 29.4. The number of allylic oxidation sites excluding steroid dienone is 1. The molecule has 0 radical (unpaired) electrons. The van der Waals surface area contributed by atoms with Crippen LogP contribution in [0, 0.1) is 16.0 Å². The maximum atomic E-state index is 13.9. The maximum absolute atomic E-state index is 13.9. The van der Waals surface area contributed by atoms with Gasteiger partial charge in [-0.3, -0.25) is 19.5 Å². The predicted molar refractivity (Wildman–Crippen MR) is 158 cm³/mol. The second-order valence-electron chi connectivity index (χ2n) is 10.2. The van der Waals surface area contributed by atoms with Crippen LogP contribution in [0.4, 0.5) is 5.69 Å². The summed E-state index contributed by atoms with van der Waals surface area (Å²) in [5.74, 6) is -0.236. The molecule has 1 aliphatic rings. The summed E-state index contributed by atoms with van der Waals surface area (Å²) in [6.07, 6.45) is 1.57. The normalized spacial score (nSPS) is 14.8. The van der Waals surface area contributed by atoms with E-state index in [2.05, 4.69) is 4.99 Å². The zero-order chi connectivity index (χ0) is 30.8. The quantitative estimate of drug-likeness (QED) is 0.164. The highest BCUT2D eigenvalue weighted by Gasteiger charge is 2.33. The van der Waals surface area contributed by atoms with Crippen molar-refractivity contribution in [3.8, 4) is 11.3 Å². The van der Waals surface area contributed by atoms with Crippen LogP contribution in [0.5, 0.6) is 0 Å². The summed E-state index contributed by atoms with van der Waals surface area (Å²) in [4.78, 5) is 54.9. The van der Waals surface area contributed by atoms with Gasteiger partial charge in [0.1, 0.15) is 11.5 Å². The van der Waals surface area contributed by atoms with E-state index >= 15 is 0 Å². The van der Waals surface area contributed by atoms with Crippen LogP contribution in [-0.2, 0) is 14.3 Å². The number of rotatable bonds is 8. The van der Waals surface area contributed by atoms with E-state index in [-0.39, 0.29) is 23.8 Å². The van der Waals surface area contributed by atoms with Crippen molar-refractivity contribution in [2.24, 2.45) is 10.9 Å². The van der Waals surface area contributed by atoms with Crippen molar-refractivity contribution in [1.29, 1.82) is 0 Å². The Kier molecular flexibility index (Phi) is 8.22. The molecule has 0 N–H and O–H groups in total. The molecule has 3 heterocycles. The van der Waals surface area contributed by atoms with Crippen LogP contribution in [0.2, 0.25) is 0 Å². The molecule has 1 atom stereocenters. The van der Waals surface area contributed by atoms with E-state index in [0.717, 1.165) is 11.3 Å². The number of carbonyl (C=O) groups excluding carboxylic acids is 2. The third-order valence-corrected chi connectivity index (χ3v) is 7.66. The Morgan fingerprint density at radius 3 is 2.56 bits per heavy atom. The molecule has 2 aromatic heterocycles. The molecule has 0 saturated carbocycles. The first-order valence-corrected chi connectivity index (χ1v) is 14.1. The summed E-state index contributed by atoms with van der Waals surface area (Å²) in [5, 5.41) is 11.2. The van der Waals surface area contributed by atoms with E-state index in [1.165, 1.54) is 23.8 Å². The van der Waals surface area contributed by atoms with Crippen LogP contribution < -0.4 is 14.9 Å². The van der Waals surface area contributed by atoms with Crippen LogP contribution in [0.25, 0.3) is 17.4 Å². The number of nitro benzene ring substituents is 1. The fraction of sp³-hybridized carbons (Fsp3) is 0.226. The Morgan fingerprint density at radius 2 is 1.88 bits per heavy atom. The number of hydrogen-bond acceptors (Lipinski definition) is 10. The number of ether oxygens (including phenoxy) is 2. The SMILES string of the molecule is COC(=O)c1ccc(C2C(C(=O)OCC(C)C)=C(C)N=c3sc(=Cc4ccc(-c5cccc([N+](=O)[O-])c5)o4)c(=O)n32)cc1. The first-order valence-electron chi connectivity index (χ1n) is 13.3. The molecule has 0 bridgehead atoms. The van der Waals surface area contributed by atoms with Crippen LogP contribution in [0.3, 0.4) is 0 Å². The molecule has 0 fully saturated rings. The lowest BCUT2D eigenvalue weighted by Crippen LogP contribution is -2.40. The third-order valence-electron chi connectivity index (χ3n) is 6.68. The minimum atomic E-state index is -0.859. The van der Waals surface area contributed by atoms with E-state index in [1.54, 1.807) is 61.5 Å². The Morgan fingerprint density at radius 1 is 1.14 bits per heavy atom. The average molecular weight is 602 g/mol. The van der Waals surface area contributed by atoms with E-state index in [9.17, 15) is 24.5 Å². The van der Waals surface area contributed by atoms with Crippen LogP contribution >= 0.6 is 11.3 Å². The monoisotopic (exact) mass is 601 g/mol. The van der Waals surface area contributed by atoms with Crippen molar-refractivity contribution in [3.05, 3.63) is 119 Å². The summed E-state index contributed by atoms with van der Waals surface area (Å²) < 4.78 is 18.0. The zero-order valence-electron chi connectivity index (χ0n) is 23.7. The van der Waals surface area contributed by atoms with Crippen molar-refractivity contribution < 1.29 is 28.4 Å². The fourth-order valence-electron chi connectivity index (χ4n) is 4.63. The van der Waals surface area contributed by atoms with Gasteiger partial charge in [-0.25, -0.2) is 14.6 Å². The molecule has 0 aliphatic carbocycles. The highest BCUT2D eigenvalue weighted by Crippen LogP contribution is 2.31. The highest BCUT2D eigenvalue weighted by atomic mass is 32.1. The van der Waals surface area contributed by atoms with E-state index in [0.29, 0.717) is 43.2 Å². The molecule has 1 unspecified atom stereocenters. The van der Waals surface area contributed by atoms with Crippen molar-refractivity contribution in [2.45, 2.75) is 26.8 Å². The summed E-state index contributed by atoms with van der Waals surface area (Å²) in [6.45, 7) is 5.73. The molecule has 220 valence electrons. The number of nitro groups is 1. The topological polar surface area (TPSA) is 143 Å². The minimum absolute atomic E-state index is 0.0681. The molecule has 1 aliphatic heterocycles. The van der Waals surface area contributed by atoms with Crippen molar-refractivity contribution >= 4 is 35.0 Å². The number of fused-ring (bicyclic) bond motifs is 1. The number of esters is 2. The standard InChI is InChI=1S/C31H27N3O8S/c1-17(2)16-41-30(37)26-18(3)32-31-33(27(26)19-8-10-20(11-9-19)29(36)40-4)28(35)25(43-31)15-23-12-13-24(42-23)21-6-5-7-22(14-21)34(38)39/h5-15,17,27H,16H2,1-4H3. The van der Waals surface area contributed by atoms with E-state index < -0.39 is 28.5 Å². The van der Waals surface area contributed by atoms with Crippen molar-refractivity contribution in [2.75, 3.05) is 13.7 Å². The molecule has 0 spiro atoms. The number of furan rings is 1. The average Bonchev–Trinajstić information content (AvgIpc) is 3.59. The minimum Gasteiger partial charge on any atom is -0.465 e. The molecule has 0 saturated heterocycles. The number of benzene rings is 2. The van der Waals surface area contributed by atoms with Crippen molar-refractivity contribution in [1.82, 2.24) is 4.57 Å². The molecule has 5 rings (SSSR count). The first-order chi connectivity index (χ1) is 20.6. The lowest BCUT2D eigenvalue weighted by atomic mass is 9.95. The molecule has 12 heteroatoms. The summed E-state index contributed by atoms with van der Waals surface area (Å²) >= 11 is 1.13. The number of thiazole rings is 1. The lowest BCUT2D eigenvalue weighted by Gasteiger charge is -2.25. The van der Waals surface area contributed by atoms with Gasteiger partial charge in [-0.2, -0.15) is 0 Å². The molecule has 43 heavy (non-hydrogen) atoms. The van der Waals surface area contributed by atoms with Gasteiger partial charge < -0.3 is 13.9 Å². The summed E-state index contributed by atoms with van der Waals surface area (Å²) in [5.41, 5.74) is 1.58. The second kappa shape index (κ2) is 12.0. The Balaban J connectivity index is 1.60. The van der Waals surface area contributed by atoms with Gasteiger partial charge in [-0.1, -0.05) is 49.4 Å². The van der Waals surface area contributed by atoms with Crippen molar-refractivity contribution in [3.63, 3.8) is 0 Å².